The van der Waals surface area contributed by atoms with Gasteiger partial charge in [-0.2, -0.15) is 5.26 Å². The van der Waals surface area contributed by atoms with Crippen LogP contribution in [-0.4, -0.2) is 56.0 Å². The van der Waals surface area contributed by atoms with Gasteiger partial charge in [0.25, 0.3) is 5.91 Å². The van der Waals surface area contributed by atoms with Gasteiger partial charge < -0.3 is 20.3 Å². The first-order valence-electron chi connectivity index (χ1n) is 12.3. The summed E-state index contributed by atoms with van der Waals surface area (Å²) < 4.78 is 5.28. The Morgan fingerprint density at radius 1 is 0.919 bits per heavy atom. The summed E-state index contributed by atoms with van der Waals surface area (Å²) in [4.78, 5) is 30.1. The van der Waals surface area contributed by atoms with Gasteiger partial charge in [0.15, 0.2) is 0 Å². The van der Waals surface area contributed by atoms with Crippen molar-refractivity contribution in [1.29, 1.82) is 5.26 Å². The van der Waals surface area contributed by atoms with Crippen molar-refractivity contribution in [2.24, 2.45) is 0 Å². The van der Waals surface area contributed by atoms with E-state index in [2.05, 4.69) is 26.5 Å². The van der Waals surface area contributed by atoms with Crippen LogP contribution in [0.1, 0.15) is 29.3 Å². The van der Waals surface area contributed by atoms with E-state index in [0.29, 0.717) is 28.3 Å². The summed E-state index contributed by atoms with van der Waals surface area (Å²) in [6.45, 7) is 5.20. The lowest BCUT2D eigenvalue weighted by atomic mass is 10.1. The molecule has 1 heterocycles. The highest BCUT2D eigenvalue weighted by atomic mass is 16.5. The second-order valence-corrected chi connectivity index (χ2v) is 8.93. The molecule has 1 aliphatic heterocycles. The molecule has 0 aliphatic carbocycles. The third kappa shape index (κ3) is 6.46. The molecule has 3 aromatic carbocycles. The first kappa shape index (κ1) is 25.7. The molecular formula is C29H31N5O3. The Labute approximate surface area is 217 Å². The van der Waals surface area contributed by atoms with E-state index in [-0.39, 0.29) is 17.9 Å². The van der Waals surface area contributed by atoms with Crippen LogP contribution in [0.15, 0.2) is 72.8 Å². The molecule has 190 valence electrons. The maximum atomic E-state index is 13.0. The van der Waals surface area contributed by atoms with E-state index in [4.69, 9.17) is 10.00 Å². The normalized spacial score (nSPS) is 14.7. The van der Waals surface area contributed by atoms with E-state index >= 15 is 0 Å². The zero-order chi connectivity index (χ0) is 26.2. The minimum atomic E-state index is -0.297. The molecule has 0 radical (unpaired) electrons. The first-order valence-corrected chi connectivity index (χ1v) is 12.3. The largest absolute Gasteiger partial charge is 0.495 e. The smallest absolute Gasteiger partial charge is 0.255 e. The van der Waals surface area contributed by atoms with Crippen LogP contribution in [0.5, 0.6) is 5.75 Å². The summed E-state index contributed by atoms with van der Waals surface area (Å²) in [5.74, 6) is 0.243. The molecule has 3 aromatic rings. The predicted octanol–water partition coefficient (Wildman–Crippen LogP) is 4.36. The van der Waals surface area contributed by atoms with E-state index < -0.39 is 0 Å². The minimum absolute atomic E-state index is 0.0851. The molecule has 0 saturated carbocycles. The fraction of sp³-hybridized carbons (Fsp3) is 0.276. The van der Waals surface area contributed by atoms with Crippen LogP contribution in [0.2, 0.25) is 0 Å². The highest BCUT2D eigenvalue weighted by Crippen LogP contribution is 2.24. The van der Waals surface area contributed by atoms with E-state index in [1.165, 1.54) is 0 Å². The molecule has 37 heavy (non-hydrogen) atoms. The fourth-order valence-electron chi connectivity index (χ4n) is 4.39. The average Bonchev–Trinajstić information content (AvgIpc) is 3.20. The number of carbonyl (C=O) groups excluding carboxylic acids is 2. The summed E-state index contributed by atoms with van der Waals surface area (Å²) >= 11 is 0. The zero-order valence-electron chi connectivity index (χ0n) is 21.1. The van der Waals surface area contributed by atoms with E-state index in [1.54, 1.807) is 43.5 Å². The maximum Gasteiger partial charge on any atom is 0.255 e. The number of amides is 2. The summed E-state index contributed by atoms with van der Waals surface area (Å²) in [6.07, 6.45) is 0.938. The third-order valence-corrected chi connectivity index (χ3v) is 6.59. The molecule has 1 saturated heterocycles. The Hall–Kier alpha value is -4.35. The Kier molecular flexibility index (Phi) is 8.39. The monoisotopic (exact) mass is 497 g/mol. The third-order valence-electron chi connectivity index (χ3n) is 6.59. The number of ether oxygens (including phenoxy) is 1. The van der Waals surface area contributed by atoms with Crippen molar-refractivity contribution in [3.05, 3.63) is 83.9 Å². The van der Waals surface area contributed by atoms with Crippen molar-refractivity contribution in [3.63, 3.8) is 0 Å². The number of nitrogens with zero attached hydrogens (tertiary/aromatic N) is 3. The van der Waals surface area contributed by atoms with Crippen molar-refractivity contribution < 1.29 is 14.3 Å². The number of hydrogen-bond donors (Lipinski definition) is 2. The molecule has 1 fully saturated rings. The molecule has 8 heteroatoms. The number of hydrogen-bond acceptors (Lipinski definition) is 6. The number of para-hydroxylation sites is 2. The van der Waals surface area contributed by atoms with Crippen LogP contribution in [0.3, 0.4) is 0 Å². The topological polar surface area (TPSA) is 97.7 Å². The lowest BCUT2D eigenvalue weighted by Gasteiger charge is -2.27. The van der Waals surface area contributed by atoms with Gasteiger partial charge in [-0.1, -0.05) is 12.1 Å². The molecule has 8 nitrogen and oxygen atoms in total. The van der Waals surface area contributed by atoms with Crippen LogP contribution in [-0.2, 0) is 4.79 Å². The van der Waals surface area contributed by atoms with Gasteiger partial charge in [-0.05, 0) is 74.0 Å². The van der Waals surface area contributed by atoms with Crippen molar-refractivity contribution in [2.45, 2.75) is 19.4 Å². The summed E-state index contributed by atoms with van der Waals surface area (Å²) in [7, 11) is 1.56. The highest BCUT2D eigenvalue weighted by molar-refractivity contribution is 6.05. The lowest BCUT2D eigenvalue weighted by Crippen LogP contribution is -2.43. The van der Waals surface area contributed by atoms with Gasteiger partial charge in [-0.3, -0.25) is 14.5 Å². The van der Waals surface area contributed by atoms with Gasteiger partial charge in [-0.15, -0.1) is 0 Å². The van der Waals surface area contributed by atoms with Gasteiger partial charge in [0.05, 0.1) is 30.5 Å². The number of nitrogens with one attached hydrogen (secondary N) is 2. The molecular weight excluding hydrogens is 466 g/mol. The second-order valence-electron chi connectivity index (χ2n) is 8.93. The van der Waals surface area contributed by atoms with E-state index in [1.807, 2.05) is 43.3 Å². The molecule has 1 atom stereocenters. The summed E-state index contributed by atoms with van der Waals surface area (Å²) in [5, 5.41) is 14.8. The summed E-state index contributed by atoms with van der Waals surface area (Å²) in [5.41, 5.74) is 3.45. The maximum absolute atomic E-state index is 13.0. The number of anilines is 3. The van der Waals surface area contributed by atoms with Crippen molar-refractivity contribution in [3.8, 4) is 11.8 Å². The number of rotatable bonds is 7. The molecule has 1 unspecified atom stereocenters. The minimum Gasteiger partial charge on any atom is -0.495 e. The zero-order valence-corrected chi connectivity index (χ0v) is 21.1. The Morgan fingerprint density at radius 2 is 1.65 bits per heavy atom. The molecule has 1 aliphatic rings. The van der Waals surface area contributed by atoms with Gasteiger partial charge in [0.2, 0.25) is 5.91 Å². The molecule has 0 bridgehead atoms. The second kappa shape index (κ2) is 12.1. The Balaban J connectivity index is 1.31. The number of carbonyl (C=O) groups is 2. The van der Waals surface area contributed by atoms with Gasteiger partial charge >= 0.3 is 0 Å². The molecule has 2 N–H and O–H groups in total. The fourth-order valence-corrected chi connectivity index (χ4v) is 4.39. The van der Waals surface area contributed by atoms with Crippen LogP contribution in [0.4, 0.5) is 17.1 Å². The summed E-state index contributed by atoms with van der Waals surface area (Å²) in [6, 6.07) is 23.5. The van der Waals surface area contributed by atoms with Crippen LogP contribution in [0, 0.1) is 11.3 Å². The van der Waals surface area contributed by atoms with Crippen molar-refractivity contribution >= 4 is 28.9 Å². The van der Waals surface area contributed by atoms with Crippen molar-refractivity contribution in [1.82, 2.24) is 4.90 Å². The number of nitriles is 1. The van der Waals surface area contributed by atoms with E-state index in [0.717, 1.165) is 38.3 Å². The first-order chi connectivity index (χ1) is 18.0. The SMILES string of the molecule is COc1ccccc1NC(=O)c1ccc(NC(=O)C(C)N2CCCN(c3ccc(C#N)cc3)CC2)cc1. The average molecular weight is 498 g/mol. The molecule has 0 spiro atoms. The standard InChI is InChI=1S/C29H31N5O3/c1-21(33-16-5-17-34(19-18-33)25-14-8-22(20-30)9-15-25)28(35)31-24-12-10-23(11-13-24)29(36)32-26-6-3-4-7-27(26)37-2/h3-4,6-15,21H,5,16-19H2,1-2H3,(H,31,35)(H,32,36). The van der Waals surface area contributed by atoms with Gasteiger partial charge in [-0.25, -0.2) is 0 Å². The van der Waals surface area contributed by atoms with Crippen molar-refractivity contribution in [2.75, 3.05) is 48.8 Å². The number of benzene rings is 3. The van der Waals surface area contributed by atoms with E-state index in [9.17, 15) is 9.59 Å². The van der Waals surface area contributed by atoms with Crippen LogP contribution in [0.25, 0.3) is 0 Å². The molecule has 4 rings (SSSR count). The van der Waals surface area contributed by atoms with Gasteiger partial charge in [0, 0.05) is 43.1 Å². The highest BCUT2D eigenvalue weighted by Gasteiger charge is 2.24. The predicted molar refractivity (Wildman–Crippen MR) is 145 cm³/mol. The van der Waals surface area contributed by atoms with Crippen LogP contribution >= 0.6 is 0 Å². The number of methoxy groups -OCH3 is 1. The van der Waals surface area contributed by atoms with Gasteiger partial charge in [0.1, 0.15) is 5.75 Å². The molecule has 2 amide bonds. The quantitative estimate of drug-likeness (QED) is 0.504. The Bertz CT molecular complexity index is 1270. The Morgan fingerprint density at radius 3 is 2.35 bits per heavy atom. The lowest BCUT2D eigenvalue weighted by molar-refractivity contribution is -0.120. The molecule has 0 aromatic heterocycles. The van der Waals surface area contributed by atoms with Crippen LogP contribution < -0.4 is 20.3 Å².